The Morgan fingerprint density at radius 3 is 3.00 bits per heavy atom. The van der Waals surface area contributed by atoms with Crippen LogP contribution in [0.4, 0.5) is 0 Å². The highest BCUT2D eigenvalue weighted by atomic mass is 32.1. The van der Waals surface area contributed by atoms with E-state index in [1.165, 1.54) is 11.3 Å². The summed E-state index contributed by atoms with van der Waals surface area (Å²) >= 11 is 1.33. The van der Waals surface area contributed by atoms with Crippen LogP contribution < -0.4 is 10.9 Å². The largest absolute Gasteiger partial charge is 0.374 e. The Kier molecular flexibility index (Phi) is 5.29. The number of morpholine rings is 1. The van der Waals surface area contributed by atoms with Crippen LogP contribution in [0.2, 0.25) is 0 Å². The minimum absolute atomic E-state index is 0.00180. The first-order valence-electron chi connectivity index (χ1n) is 9.65. The molecule has 2 aromatic rings. The summed E-state index contributed by atoms with van der Waals surface area (Å²) in [6.45, 7) is 5.46. The third-order valence-corrected chi connectivity index (χ3v) is 6.63. The molecule has 4 heterocycles. The summed E-state index contributed by atoms with van der Waals surface area (Å²) in [6, 6.07) is 0. The Morgan fingerprint density at radius 1 is 1.33 bits per heavy atom. The Bertz CT molecular complexity index is 920. The Labute approximate surface area is 162 Å². The van der Waals surface area contributed by atoms with Crippen molar-refractivity contribution in [2.45, 2.75) is 45.3 Å². The maximum atomic E-state index is 13.0. The second kappa shape index (κ2) is 7.69. The van der Waals surface area contributed by atoms with E-state index < -0.39 is 0 Å². The van der Waals surface area contributed by atoms with Crippen LogP contribution in [0.3, 0.4) is 0 Å². The predicted molar refractivity (Wildman–Crippen MR) is 106 cm³/mol. The maximum Gasteiger partial charge on any atom is 0.262 e. The summed E-state index contributed by atoms with van der Waals surface area (Å²) in [6.07, 6.45) is 4.03. The maximum absolute atomic E-state index is 13.0. The standard InChI is InChI=1S/C19H26N4O3S/c1-12-15-18(21-14-6-4-3-5-7-23(14)19(15)25)27-16(12)17(24)20-10-13-11-22(2)8-9-26-13/h13H,3-11H2,1-2H3,(H,20,24). The first-order chi connectivity index (χ1) is 13.0. The van der Waals surface area contributed by atoms with E-state index in [9.17, 15) is 9.59 Å². The zero-order valence-electron chi connectivity index (χ0n) is 15.9. The topological polar surface area (TPSA) is 76.5 Å². The zero-order chi connectivity index (χ0) is 19.0. The number of thiophene rings is 1. The highest BCUT2D eigenvalue weighted by Gasteiger charge is 2.23. The van der Waals surface area contributed by atoms with E-state index in [-0.39, 0.29) is 17.6 Å². The molecule has 4 rings (SSSR count). The van der Waals surface area contributed by atoms with Crippen molar-refractivity contribution < 1.29 is 9.53 Å². The van der Waals surface area contributed by atoms with Crippen molar-refractivity contribution >= 4 is 27.5 Å². The van der Waals surface area contributed by atoms with E-state index in [2.05, 4.69) is 17.3 Å². The molecule has 8 heteroatoms. The highest BCUT2D eigenvalue weighted by Crippen LogP contribution is 2.28. The van der Waals surface area contributed by atoms with Crippen LogP contribution in [-0.4, -0.2) is 59.8 Å². The number of aryl methyl sites for hydroxylation is 2. The van der Waals surface area contributed by atoms with Crippen LogP contribution in [-0.2, 0) is 17.7 Å². The molecule has 0 radical (unpaired) electrons. The number of nitrogens with zero attached hydrogens (tertiary/aromatic N) is 3. The van der Waals surface area contributed by atoms with Gasteiger partial charge in [-0.25, -0.2) is 4.98 Å². The average molecular weight is 391 g/mol. The number of fused-ring (bicyclic) bond motifs is 2. The third kappa shape index (κ3) is 3.66. The molecule has 27 heavy (non-hydrogen) atoms. The molecule has 1 unspecified atom stereocenters. The van der Waals surface area contributed by atoms with E-state index in [0.29, 0.717) is 28.2 Å². The fourth-order valence-corrected chi connectivity index (χ4v) is 5.01. The van der Waals surface area contributed by atoms with Crippen LogP contribution in [0.25, 0.3) is 10.2 Å². The lowest BCUT2D eigenvalue weighted by molar-refractivity contribution is -0.0174. The lowest BCUT2D eigenvalue weighted by Gasteiger charge is -2.30. The summed E-state index contributed by atoms with van der Waals surface area (Å²) < 4.78 is 7.51. The third-order valence-electron chi connectivity index (χ3n) is 5.45. The van der Waals surface area contributed by atoms with Crippen LogP contribution in [0.15, 0.2) is 4.79 Å². The fraction of sp³-hybridized carbons (Fsp3) is 0.632. The van der Waals surface area contributed by atoms with Gasteiger partial charge in [-0.15, -0.1) is 11.3 Å². The van der Waals surface area contributed by atoms with Crippen LogP contribution in [0.1, 0.15) is 40.3 Å². The van der Waals surface area contributed by atoms with Crippen LogP contribution in [0.5, 0.6) is 0 Å². The molecule has 0 spiro atoms. The van der Waals surface area contributed by atoms with E-state index in [1.54, 1.807) is 0 Å². The van der Waals surface area contributed by atoms with Crippen molar-refractivity contribution in [1.82, 2.24) is 19.8 Å². The van der Waals surface area contributed by atoms with Gasteiger partial charge in [0.05, 0.1) is 23.0 Å². The van der Waals surface area contributed by atoms with Crippen molar-refractivity contribution in [3.8, 4) is 0 Å². The van der Waals surface area contributed by atoms with Crippen molar-refractivity contribution in [3.05, 3.63) is 26.6 Å². The number of aromatic nitrogens is 2. The van der Waals surface area contributed by atoms with Gasteiger partial charge in [0.15, 0.2) is 0 Å². The minimum atomic E-state index is -0.146. The quantitative estimate of drug-likeness (QED) is 0.861. The van der Waals surface area contributed by atoms with E-state index in [1.807, 2.05) is 11.5 Å². The van der Waals surface area contributed by atoms with E-state index in [4.69, 9.17) is 9.72 Å². The number of carbonyl (C=O) groups excluding carboxylic acids is 1. The Balaban J connectivity index is 1.59. The normalized spacial score (nSPS) is 21.0. The summed E-state index contributed by atoms with van der Waals surface area (Å²) in [7, 11) is 2.05. The summed E-state index contributed by atoms with van der Waals surface area (Å²) in [5, 5.41) is 3.57. The number of rotatable bonds is 3. The number of amides is 1. The average Bonchev–Trinajstić information content (AvgIpc) is 2.82. The van der Waals surface area contributed by atoms with Crippen molar-refractivity contribution in [2.24, 2.45) is 0 Å². The van der Waals surface area contributed by atoms with Crippen LogP contribution in [0, 0.1) is 6.92 Å². The van der Waals surface area contributed by atoms with Gasteiger partial charge in [-0.05, 0) is 32.4 Å². The molecule has 146 valence electrons. The highest BCUT2D eigenvalue weighted by molar-refractivity contribution is 7.20. The Morgan fingerprint density at radius 2 is 2.19 bits per heavy atom. The van der Waals surface area contributed by atoms with Gasteiger partial charge in [-0.3, -0.25) is 14.2 Å². The van der Waals surface area contributed by atoms with Crippen LogP contribution >= 0.6 is 11.3 Å². The van der Waals surface area contributed by atoms with Gasteiger partial charge in [0, 0.05) is 32.6 Å². The molecule has 0 bridgehead atoms. The van der Waals surface area contributed by atoms with Gasteiger partial charge in [0.2, 0.25) is 0 Å². The molecule has 1 N–H and O–H groups in total. The zero-order valence-corrected chi connectivity index (χ0v) is 16.7. The smallest absolute Gasteiger partial charge is 0.262 e. The molecule has 0 aliphatic carbocycles. The van der Waals surface area contributed by atoms with Crippen molar-refractivity contribution in [3.63, 3.8) is 0 Å². The molecule has 2 aliphatic rings. The number of ether oxygens (including phenoxy) is 1. The summed E-state index contributed by atoms with van der Waals surface area (Å²) in [5.74, 6) is 0.712. The van der Waals surface area contributed by atoms with E-state index in [0.717, 1.165) is 56.7 Å². The lowest BCUT2D eigenvalue weighted by atomic mass is 10.2. The molecule has 0 aromatic carbocycles. The molecule has 1 saturated heterocycles. The molecule has 2 aromatic heterocycles. The molecule has 1 amide bonds. The van der Waals surface area contributed by atoms with Gasteiger partial charge in [0.1, 0.15) is 10.7 Å². The number of hydrogen-bond donors (Lipinski definition) is 1. The first kappa shape index (κ1) is 18.6. The first-order valence-corrected chi connectivity index (χ1v) is 10.5. The monoisotopic (exact) mass is 390 g/mol. The SMILES string of the molecule is Cc1c(C(=O)NCC2CN(C)CCO2)sc2nc3n(c(=O)c12)CCCCC3. The predicted octanol–water partition coefficient (Wildman–Crippen LogP) is 1.55. The van der Waals surface area contributed by atoms with Crippen molar-refractivity contribution in [2.75, 3.05) is 33.3 Å². The summed E-state index contributed by atoms with van der Waals surface area (Å²) in [5.41, 5.74) is 0.744. The fourth-order valence-electron chi connectivity index (χ4n) is 3.90. The van der Waals surface area contributed by atoms with Gasteiger partial charge in [-0.1, -0.05) is 6.42 Å². The minimum Gasteiger partial charge on any atom is -0.374 e. The van der Waals surface area contributed by atoms with Gasteiger partial charge in [0.25, 0.3) is 11.5 Å². The molecule has 7 nitrogen and oxygen atoms in total. The number of nitrogens with one attached hydrogen (secondary N) is 1. The molecule has 2 aliphatic heterocycles. The lowest BCUT2D eigenvalue weighted by Crippen LogP contribution is -2.45. The van der Waals surface area contributed by atoms with E-state index >= 15 is 0 Å². The Hall–Kier alpha value is -1.77. The number of carbonyl (C=O) groups is 1. The molecular formula is C19H26N4O3S. The second-order valence-corrected chi connectivity index (χ2v) is 8.50. The second-order valence-electron chi connectivity index (χ2n) is 7.50. The van der Waals surface area contributed by atoms with Gasteiger partial charge < -0.3 is 15.0 Å². The van der Waals surface area contributed by atoms with Gasteiger partial charge >= 0.3 is 0 Å². The van der Waals surface area contributed by atoms with Crippen molar-refractivity contribution in [1.29, 1.82) is 0 Å². The summed E-state index contributed by atoms with van der Waals surface area (Å²) in [4.78, 5) is 33.9. The molecular weight excluding hydrogens is 364 g/mol. The van der Waals surface area contributed by atoms with Gasteiger partial charge in [-0.2, -0.15) is 0 Å². The molecule has 0 saturated carbocycles. The molecule has 1 atom stereocenters. The number of likely N-dealkylation sites (N-methyl/N-ethyl adjacent to an activating group) is 1. The molecule has 1 fully saturated rings. The number of hydrogen-bond acceptors (Lipinski definition) is 6.